The highest BCUT2D eigenvalue weighted by Crippen LogP contribution is 2.32. The molecule has 0 aromatic heterocycles. The lowest BCUT2D eigenvalue weighted by molar-refractivity contribution is 0.233. The third-order valence-corrected chi connectivity index (χ3v) is 2.78. The minimum absolute atomic E-state index is 0.0255. The summed E-state index contributed by atoms with van der Waals surface area (Å²) >= 11 is 17.2. The number of nitrogens with zero attached hydrogens (tertiary/aromatic N) is 1. The van der Waals surface area contributed by atoms with Crippen LogP contribution in [0.5, 0.6) is 0 Å². The summed E-state index contributed by atoms with van der Waals surface area (Å²) in [5.74, 6) is 0. The molecule has 0 bridgehead atoms. The molecule has 0 spiro atoms. The zero-order chi connectivity index (χ0) is 9.07. The Kier molecular flexibility index (Phi) is 5.12. The van der Waals surface area contributed by atoms with E-state index in [1.54, 1.807) is 0 Å². The maximum absolute atomic E-state index is 5.73. The molecule has 68 valence electrons. The van der Waals surface area contributed by atoms with E-state index in [1.807, 2.05) is 6.92 Å². The second kappa shape index (κ2) is 4.76. The van der Waals surface area contributed by atoms with Crippen molar-refractivity contribution < 1.29 is 0 Å². The zero-order valence-electron chi connectivity index (χ0n) is 7.07. The van der Waals surface area contributed by atoms with Gasteiger partial charge < -0.3 is 0 Å². The first-order chi connectivity index (χ1) is 4.93. The number of alkyl halides is 3. The lowest BCUT2D eigenvalue weighted by Gasteiger charge is -2.31. The predicted molar refractivity (Wildman–Crippen MR) is 52.7 cm³/mol. The molecule has 0 fully saturated rings. The van der Waals surface area contributed by atoms with E-state index in [2.05, 4.69) is 18.7 Å². The molecule has 0 aliphatic rings. The van der Waals surface area contributed by atoms with E-state index >= 15 is 0 Å². The van der Waals surface area contributed by atoms with Crippen LogP contribution in [-0.4, -0.2) is 27.8 Å². The van der Waals surface area contributed by atoms with Crippen LogP contribution >= 0.6 is 34.8 Å². The normalized spacial score (nSPS) is 15.5. The summed E-state index contributed by atoms with van der Waals surface area (Å²) in [7, 11) is 0. The van der Waals surface area contributed by atoms with Crippen LogP contribution in [0.1, 0.15) is 20.8 Å². The number of hydrogen-bond acceptors (Lipinski definition) is 1. The van der Waals surface area contributed by atoms with Crippen molar-refractivity contribution in [2.45, 2.75) is 30.6 Å². The highest BCUT2D eigenvalue weighted by atomic mass is 35.6. The molecule has 0 radical (unpaired) electrons. The van der Waals surface area contributed by atoms with E-state index in [4.69, 9.17) is 34.8 Å². The second-order valence-electron chi connectivity index (χ2n) is 2.44. The third kappa shape index (κ3) is 3.84. The average Bonchev–Trinajstić information content (AvgIpc) is 1.88. The molecule has 0 aromatic carbocycles. The molecule has 4 heteroatoms. The van der Waals surface area contributed by atoms with Crippen molar-refractivity contribution in [3.05, 3.63) is 0 Å². The van der Waals surface area contributed by atoms with Crippen molar-refractivity contribution in [1.82, 2.24) is 4.90 Å². The monoisotopic (exact) mass is 217 g/mol. The van der Waals surface area contributed by atoms with Gasteiger partial charge in [0.1, 0.15) is 0 Å². The van der Waals surface area contributed by atoms with Gasteiger partial charge in [-0.2, -0.15) is 0 Å². The van der Waals surface area contributed by atoms with Crippen LogP contribution < -0.4 is 0 Å². The SMILES string of the molecule is CCN(CC)C(C)C(Cl)(Cl)Cl. The molecule has 0 rings (SSSR count). The van der Waals surface area contributed by atoms with Gasteiger partial charge in [-0.05, 0) is 20.0 Å². The van der Waals surface area contributed by atoms with E-state index in [9.17, 15) is 0 Å². The van der Waals surface area contributed by atoms with Crippen molar-refractivity contribution in [2.24, 2.45) is 0 Å². The molecular formula is C7H14Cl3N. The lowest BCUT2D eigenvalue weighted by atomic mass is 10.3. The quantitative estimate of drug-likeness (QED) is 0.658. The maximum atomic E-state index is 5.73. The van der Waals surface area contributed by atoms with Gasteiger partial charge in [0.25, 0.3) is 0 Å². The first kappa shape index (κ1) is 11.8. The summed E-state index contributed by atoms with van der Waals surface area (Å²) in [6, 6.07) is -0.0255. The molecule has 0 aliphatic heterocycles. The molecule has 0 saturated carbocycles. The Morgan fingerprint density at radius 3 is 1.64 bits per heavy atom. The Balaban J connectivity index is 4.09. The molecule has 0 heterocycles. The molecule has 1 atom stereocenters. The van der Waals surface area contributed by atoms with Crippen LogP contribution in [0.3, 0.4) is 0 Å². The van der Waals surface area contributed by atoms with Gasteiger partial charge >= 0.3 is 0 Å². The number of hydrogen-bond donors (Lipinski definition) is 0. The topological polar surface area (TPSA) is 3.24 Å². The van der Waals surface area contributed by atoms with E-state index in [1.165, 1.54) is 0 Å². The van der Waals surface area contributed by atoms with Crippen LogP contribution in [0.4, 0.5) is 0 Å². The van der Waals surface area contributed by atoms with Crippen molar-refractivity contribution in [2.75, 3.05) is 13.1 Å². The minimum Gasteiger partial charge on any atom is -0.297 e. The minimum atomic E-state index is -1.17. The Hall–Kier alpha value is 0.830. The van der Waals surface area contributed by atoms with Crippen LogP contribution in [0.15, 0.2) is 0 Å². The van der Waals surface area contributed by atoms with Crippen molar-refractivity contribution in [3.8, 4) is 0 Å². The number of halogens is 3. The molecule has 11 heavy (non-hydrogen) atoms. The first-order valence-corrected chi connectivity index (χ1v) is 4.87. The fraction of sp³-hybridized carbons (Fsp3) is 1.00. The van der Waals surface area contributed by atoms with E-state index < -0.39 is 3.79 Å². The Morgan fingerprint density at radius 2 is 1.55 bits per heavy atom. The van der Waals surface area contributed by atoms with Crippen LogP contribution in [0, 0.1) is 0 Å². The van der Waals surface area contributed by atoms with Gasteiger partial charge in [0.15, 0.2) is 0 Å². The molecule has 0 aromatic rings. The summed E-state index contributed by atoms with van der Waals surface area (Å²) in [5.41, 5.74) is 0. The van der Waals surface area contributed by atoms with Gasteiger partial charge in [0, 0.05) is 0 Å². The van der Waals surface area contributed by atoms with E-state index in [-0.39, 0.29) is 6.04 Å². The average molecular weight is 219 g/mol. The van der Waals surface area contributed by atoms with Crippen molar-refractivity contribution in [1.29, 1.82) is 0 Å². The largest absolute Gasteiger partial charge is 0.297 e. The molecular weight excluding hydrogens is 204 g/mol. The third-order valence-electron chi connectivity index (χ3n) is 1.83. The molecule has 0 aliphatic carbocycles. The maximum Gasteiger partial charge on any atom is 0.205 e. The summed E-state index contributed by atoms with van der Waals surface area (Å²) < 4.78 is -1.17. The zero-order valence-corrected chi connectivity index (χ0v) is 9.34. The summed E-state index contributed by atoms with van der Waals surface area (Å²) in [6.07, 6.45) is 0. The summed E-state index contributed by atoms with van der Waals surface area (Å²) in [4.78, 5) is 2.10. The van der Waals surface area contributed by atoms with Crippen molar-refractivity contribution in [3.63, 3.8) is 0 Å². The van der Waals surface area contributed by atoms with Gasteiger partial charge in [0.2, 0.25) is 3.79 Å². The molecule has 1 unspecified atom stereocenters. The number of rotatable bonds is 3. The summed E-state index contributed by atoms with van der Waals surface area (Å²) in [5, 5.41) is 0. The molecule has 0 N–H and O–H groups in total. The Morgan fingerprint density at radius 1 is 1.18 bits per heavy atom. The molecule has 0 saturated heterocycles. The van der Waals surface area contributed by atoms with Gasteiger partial charge in [-0.1, -0.05) is 48.7 Å². The Bertz CT molecular complexity index is 107. The van der Waals surface area contributed by atoms with Gasteiger partial charge in [-0.25, -0.2) is 0 Å². The fourth-order valence-electron chi connectivity index (χ4n) is 0.978. The van der Waals surface area contributed by atoms with Crippen LogP contribution in [0.25, 0.3) is 0 Å². The lowest BCUT2D eigenvalue weighted by Crippen LogP contribution is -2.41. The highest BCUT2D eigenvalue weighted by molar-refractivity contribution is 6.68. The Labute approximate surface area is 83.6 Å². The smallest absolute Gasteiger partial charge is 0.205 e. The summed E-state index contributed by atoms with van der Waals surface area (Å²) in [6.45, 7) is 7.84. The van der Waals surface area contributed by atoms with Crippen molar-refractivity contribution >= 4 is 34.8 Å². The second-order valence-corrected chi connectivity index (χ2v) is 4.81. The van der Waals surface area contributed by atoms with Gasteiger partial charge in [0.05, 0.1) is 6.04 Å². The van der Waals surface area contributed by atoms with Gasteiger partial charge in [-0.15, -0.1) is 0 Å². The standard InChI is InChI=1S/C7H14Cl3N/c1-4-11(5-2)6(3)7(8,9)10/h6H,4-5H2,1-3H3. The molecule has 0 amide bonds. The molecule has 1 nitrogen and oxygen atoms in total. The van der Waals surface area contributed by atoms with E-state index in [0.29, 0.717) is 0 Å². The van der Waals surface area contributed by atoms with Gasteiger partial charge in [-0.3, -0.25) is 4.90 Å². The fourth-order valence-corrected chi connectivity index (χ4v) is 1.39. The highest BCUT2D eigenvalue weighted by Gasteiger charge is 2.31. The van der Waals surface area contributed by atoms with Crippen LogP contribution in [-0.2, 0) is 0 Å². The predicted octanol–water partition coefficient (Wildman–Crippen LogP) is 3.09. The van der Waals surface area contributed by atoms with E-state index in [0.717, 1.165) is 13.1 Å². The van der Waals surface area contributed by atoms with Crippen LogP contribution in [0.2, 0.25) is 0 Å². The first-order valence-electron chi connectivity index (χ1n) is 3.74.